The van der Waals surface area contributed by atoms with Gasteiger partial charge in [-0.25, -0.2) is 0 Å². The fourth-order valence-corrected chi connectivity index (χ4v) is 2.78. The third-order valence-electron chi connectivity index (χ3n) is 3.49. The number of benzene rings is 1. The van der Waals surface area contributed by atoms with Gasteiger partial charge in [0.05, 0.1) is 15.9 Å². The molecule has 3 nitrogen and oxygen atoms in total. The highest BCUT2D eigenvalue weighted by Crippen LogP contribution is 2.22. The first-order valence-corrected chi connectivity index (χ1v) is 7.27. The zero-order valence-electron chi connectivity index (χ0n) is 11.9. The molecule has 0 saturated heterocycles. The van der Waals surface area contributed by atoms with Crippen LogP contribution in [0.3, 0.4) is 0 Å². The summed E-state index contributed by atoms with van der Waals surface area (Å²) < 4.78 is 3.02. The van der Waals surface area contributed by atoms with Crippen LogP contribution in [-0.4, -0.2) is 9.78 Å². The number of hydrogen-bond donors (Lipinski definition) is 1. The minimum absolute atomic E-state index is 0.323. The lowest BCUT2D eigenvalue weighted by Gasteiger charge is -2.16. The Morgan fingerprint density at radius 1 is 1.32 bits per heavy atom. The van der Waals surface area contributed by atoms with Crippen molar-refractivity contribution >= 4 is 15.9 Å². The van der Waals surface area contributed by atoms with Gasteiger partial charge in [0.15, 0.2) is 0 Å². The number of nitrogens with one attached hydrogen (secondary N) is 1. The molecule has 0 spiro atoms. The van der Waals surface area contributed by atoms with Crippen LogP contribution in [0.2, 0.25) is 0 Å². The highest BCUT2D eigenvalue weighted by molar-refractivity contribution is 9.10. The van der Waals surface area contributed by atoms with Gasteiger partial charge >= 0.3 is 0 Å². The minimum atomic E-state index is 0.323. The molecular weight excluding hydrogens is 302 g/mol. The molecule has 1 aromatic carbocycles. The van der Waals surface area contributed by atoms with E-state index in [1.54, 1.807) is 0 Å². The van der Waals surface area contributed by atoms with Crippen molar-refractivity contribution in [3.63, 3.8) is 0 Å². The Hall–Kier alpha value is -1.13. The van der Waals surface area contributed by atoms with Gasteiger partial charge in [-0.3, -0.25) is 4.68 Å². The monoisotopic (exact) mass is 321 g/mol. The van der Waals surface area contributed by atoms with E-state index >= 15 is 0 Å². The molecule has 2 rings (SSSR count). The van der Waals surface area contributed by atoms with Crippen LogP contribution in [0, 0.1) is 13.8 Å². The van der Waals surface area contributed by atoms with Crippen LogP contribution in [0.15, 0.2) is 28.7 Å². The summed E-state index contributed by atoms with van der Waals surface area (Å²) in [6.45, 7) is 7.16. The summed E-state index contributed by atoms with van der Waals surface area (Å²) in [6, 6.07) is 8.81. The maximum Gasteiger partial charge on any atom is 0.0739 e. The van der Waals surface area contributed by atoms with Crippen molar-refractivity contribution in [2.24, 2.45) is 7.05 Å². The van der Waals surface area contributed by atoms with Crippen LogP contribution in [-0.2, 0) is 13.6 Å². The van der Waals surface area contributed by atoms with Crippen LogP contribution in [0.5, 0.6) is 0 Å². The van der Waals surface area contributed by atoms with Gasteiger partial charge in [-0.05, 0) is 47.8 Å². The fourth-order valence-electron chi connectivity index (χ4n) is 2.30. The summed E-state index contributed by atoms with van der Waals surface area (Å²) in [5.74, 6) is 0. The standard InChI is InChI=1S/C15H20BrN3/c1-10-7-5-6-8-13(10)11(2)17-9-14-15(16)12(3)18-19(14)4/h5-8,11,17H,9H2,1-4H3/t11-/m0/s1. The van der Waals surface area contributed by atoms with Gasteiger partial charge in [-0.2, -0.15) is 5.10 Å². The van der Waals surface area contributed by atoms with Crippen LogP contribution < -0.4 is 5.32 Å². The van der Waals surface area contributed by atoms with Gasteiger partial charge in [0.2, 0.25) is 0 Å². The topological polar surface area (TPSA) is 29.9 Å². The number of aromatic nitrogens is 2. The van der Waals surface area contributed by atoms with E-state index in [9.17, 15) is 0 Å². The molecule has 0 amide bonds. The van der Waals surface area contributed by atoms with E-state index in [4.69, 9.17) is 0 Å². The van der Waals surface area contributed by atoms with Gasteiger partial charge in [-0.1, -0.05) is 24.3 Å². The normalized spacial score (nSPS) is 12.7. The molecule has 0 aliphatic rings. The second kappa shape index (κ2) is 5.88. The molecule has 4 heteroatoms. The Balaban J connectivity index is 2.09. The van der Waals surface area contributed by atoms with E-state index in [0.29, 0.717) is 6.04 Å². The first-order chi connectivity index (χ1) is 9.00. The first kappa shape index (κ1) is 14.3. The van der Waals surface area contributed by atoms with Crippen molar-refractivity contribution < 1.29 is 0 Å². The van der Waals surface area contributed by atoms with Gasteiger partial charge in [0.1, 0.15) is 0 Å². The van der Waals surface area contributed by atoms with E-state index in [2.05, 4.69) is 64.5 Å². The van der Waals surface area contributed by atoms with Crippen molar-refractivity contribution in [1.29, 1.82) is 0 Å². The van der Waals surface area contributed by atoms with Crippen molar-refractivity contribution in [1.82, 2.24) is 15.1 Å². The zero-order valence-corrected chi connectivity index (χ0v) is 13.5. The molecule has 0 fully saturated rings. The molecule has 2 aromatic rings. The molecule has 0 unspecified atom stereocenters. The number of nitrogens with zero attached hydrogens (tertiary/aromatic N) is 2. The Morgan fingerprint density at radius 2 is 2.00 bits per heavy atom. The summed E-state index contributed by atoms with van der Waals surface area (Å²) in [7, 11) is 1.98. The Kier molecular flexibility index (Phi) is 4.42. The van der Waals surface area contributed by atoms with Gasteiger partial charge < -0.3 is 5.32 Å². The lowest BCUT2D eigenvalue weighted by atomic mass is 10.0. The molecular formula is C15H20BrN3. The lowest BCUT2D eigenvalue weighted by Crippen LogP contribution is -2.20. The average Bonchev–Trinajstić information content (AvgIpc) is 2.61. The zero-order chi connectivity index (χ0) is 14.0. The molecule has 0 aliphatic carbocycles. The minimum Gasteiger partial charge on any atom is -0.305 e. The third-order valence-corrected chi connectivity index (χ3v) is 4.52. The molecule has 1 N–H and O–H groups in total. The Labute approximate surface area is 123 Å². The maximum atomic E-state index is 4.41. The Bertz CT molecular complexity index is 575. The predicted octanol–water partition coefficient (Wildman–Crippen LogP) is 3.65. The highest BCUT2D eigenvalue weighted by atomic mass is 79.9. The van der Waals surface area contributed by atoms with Crippen LogP contribution in [0.25, 0.3) is 0 Å². The van der Waals surface area contributed by atoms with Crippen molar-refractivity contribution in [3.8, 4) is 0 Å². The van der Waals surface area contributed by atoms with E-state index < -0.39 is 0 Å². The number of rotatable bonds is 4. The van der Waals surface area contributed by atoms with E-state index in [0.717, 1.165) is 16.7 Å². The van der Waals surface area contributed by atoms with E-state index in [1.807, 2.05) is 18.7 Å². The molecule has 19 heavy (non-hydrogen) atoms. The smallest absolute Gasteiger partial charge is 0.0739 e. The summed E-state index contributed by atoms with van der Waals surface area (Å²) in [5.41, 5.74) is 4.88. The third kappa shape index (κ3) is 3.07. The molecule has 0 aliphatic heterocycles. The quantitative estimate of drug-likeness (QED) is 0.931. The van der Waals surface area contributed by atoms with Crippen LogP contribution in [0.4, 0.5) is 0 Å². The summed E-state index contributed by atoms with van der Waals surface area (Å²) in [6.07, 6.45) is 0. The van der Waals surface area contributed by atoms with Crippen molar-refractivity contribution in [3.05, 3.63) is 51.3 Å². The van der Waals surface area contributed by atoms with E-state index in [-0.39, 0.29) is 0 Å². The van der Waals surface area contributed by atoms with Gasteiger partial charge in [0, 0.05) is 19.6 Å². The molecule has 0 saturated carbocycles. The molecule has 1 atom stereocenters. The van der Waals surface area contributed by atoms with Gasteiger partial charge in [-0.15, -0.1) is 0 Å². The molecule has 1 aromatic heterocycles. The summed E-state index contributed by atoms with van der Waals surface area (Å²) in [4.78, 5) is 0. The number of aryl methyl sites for hydroxylation is 3. The largest absolute Gasteiger partial charge is 0.305 e. The second-order valence-electron chi connectivity index (χ2n) is 4.93. The number of halogens is 1. The molecule has 0 bridgehead atoms. The van der Waals surface area contributed by atoms with Crippen molar-refractivity contribution in [2.75, 3.05) is 0 Å². The maximum absolute atomic E-state index is 4.41. The Morgan fingerprint density at radius 3 is 2.58 bits per heavy atom. The van der Waals surface area contributed by atoms with Crippen LogP contribution >= 0.6 is 15.9 Å². The van der Waals surface area contributed by atoms with Crippen LogP contribution in [0.1, 0.15) is 35.5 Å². The molecule has 102 valence electrons. The van der Waals surface area contributed by atoms with Crippen molar-refractivity contribution in [2.45, 2.75) is 33.4 Å². The SMILES string of the molecule is Cc1ccccc1[C@H](C)NCc1c(Br)c(C)nn1C. The summed E-state index contributed by atoms with van der Waals surface area (Å²) in [5, 5.41) is 7.97. The highest BCUT2D eigenvalue weighted by Gasteiger charge is 2.12. The first-order valence-electron chi connectivity index (χ1n) is 6.47. The summed E-state index contributed by atoms with van der Waals surface area (Å²) >= 11 is 3.60. The fraction of sp³-hybridized carbons (Fsp3) is 0.400. The molecule has 1 heterocycles. The molecule has 0 radical (unpaired) electrons. The van der Waals surface area contributed by atoms with E-state index in [1.165, 1.54) is 16.8 Å². The lowest BCUT2D eigenvalue weighted by molar-refractivity contribution is 0.545. The predicted molar refractivity (Wildman–Crippen MR) is 82.1 cm³/mol. The average molecular weight is 322 g/mol. The second-order valence-corrected chi connectivity index (χ2v) is 5.72. The number of hydrogen-bond acceptors (Lipinski definition) is 2. The van der Waals surface area contributed by atoms with Gasteiger partial charge in [0.25, 0.3) is 0 Å².